The van der Waals surface area contributed by atoms with Gasteiger partial charge in [0.2, 0.25) is 0 Å². The molecule has 0 spiro atoms. The van der Waals surface area contributed by atoms with Crippen molar-refractivity contribution in [1.29, 1.82) is 0 Å². The Bertz CT molecular complexity index is 257. The van der Waals surface area contributed by atoms with Gasteiger partial charge in [-0.05, 0) is 20.9 Å². The topological polar surface area (TPSA) is 38.1 Å². The average molecular weight is 166 g/mol. The van der Waals surface area contributed by atoms with Crippen LogP contribution >= 0.6 is 0 Å². The first kappa shape index (κ1) is 9.00. The summed E-state index contributed by atoms with van der Waals surface area (Å²) >= 11 is 0. The van der Waals surface area contributed by atoms with Crippen molar-refractivity contribution in [3.63, 3.8) is 0 Å². The van der Waals surface area contributed by atoms with Gasteiger partial charge in [-0.1, -0.05) is 17.3 Å². The number of hydrogen-bond donors (Lipinski definition) is 1. The fraction of sp³-hybridized carbons (Fsp3) is 0.444. The molecular weight excluding hydrogens is 152 g/mol. The lowest BCUT2D eigenvalue weighted by atomic mass is 10.2. The molecule has 1 rings (SSSR count). The molecule has 0 radical (unpaired) electrons. The van der Waals surface area contributed by atoms with E-state index in [4.69, 9.17) is 4.52 Å². The normalized spacial score (nSPS) is 11.2. The first-order valence-corrected chi connectivity index (χ1v) is 3.99. The van der Waals surface area contributed by atoms with Crippen LogP contribution in [0.1, 0.15) is 17.0 Å². The first-order chi connectivity index (χ1) is 5.75. The number of aryl methyl sites for hydroxylation is 2. The van der Waals surface area contributed by atoms with Crippen molar-refractivity contribution in [2.24, 2.45) is 0 Å². The van der Waals surface area contributed by atoms with Crippen molar-refractivity contribution in [2.75, 3.05) is 13.6 Å². The summed E-state index contributed by atoms with van der Waals surface area (Å²) in [6.45, 7) is 4.72. The Hall–Kier alpha value is -1.09. The summed E-state index contributed by atoms with van der Waals surface area (Å²) in [4.78, 5) is 0. The van der Waals surface area contributed by atoms with E-state index in [0.717, 1.165) is 23.6 Å². The molecule has 1 heterocycles. The van der Waals surface area contributed by atoms with E-state index < -0.39 is 0 Å². The van der Waals surface area contributed by atoms with E-state index in [0.29, 0.717) is 0 Å². The standard InChI is InChI=1S/C9H14N2O/c1-7-9(5-4-6-10-3)8(2)12-11-7/h4-5,10H,6H2,1-3H3. The minimum absolute atomic E-state index is 0.865. The van der Waals surface area contributed by atoms with E-state index in [2.05, 4.69) is 10.5 Å². The third-order valence-electron chi connectivity index (χ3n) is 1.70. The molecule has 3 nitrogen and oxygen atoms in total. The predicted molar refractivity (Wildman–Crippen MR) is 48.9 cm³/mol. The Morgan fingerprint density at radius 1 is 1.50 bits per heavy atom. The molecular formula is C9H14N2O. The van der Waals surface area contributed by atoms with Crippen LogP contribution in [0.4, 0.5) is 0 Å². The molecule has 1 N–H and O–H groups in total. The second kappa shape index (κ2) is 4.07. The van der Waals surface area contributed by atoms with Crippen LogP contribution in [0.5, 0.6) is 0 Å². The fourth-order valence-electron chi connectivity index (χ4n) is 1.02. The van der Waals surface area contributed by atoms with Gasteiger partial charge in [-0.3, -0.25) is 0 Å². The van der Waals surface area contributed by atoms with Gasteiger partial charge < -0.3 is 9.84 Å². The largest absolute Gasteiger partial charge is 0.361 e. The van der Waals surface area contributed by atoms with Crippen molar-refractivity contribution in [3.8, 4) is 0 Å². The average Bonchev–Trinajstić information content (AvgIpc) is 2.35. The Morgan fingerprint density at radius 2 is 2.25 bits per heavy atom. The smallest absolute Gasteiger partial charge is 0.141 e. The molecule has 0 saturated heterocycles. The van der Waals surface area contributed by atoms with Gasteiger partial charge in [0.15, 0.2) is 0 Å². The molecule has 12 heavy (non-hydrogen) atoms. The molecule has 0 aliphatic carbocycles. The highest BCUT2D eigenvalue weighted by Crippen LogP contribution is 2.13. The third-order valence-corrected chi connectivity index (χ3v) is 1.70. The van der Waals surface area contributed by atoms with Gasteiger partial charge in [0.25, 0.3) is 0 Å². The summed E-state index contributed by atoms with van der Waals surface area (Å²) in [6, 6.07) is 0. The fourth-order valence-corrected chi connectivity index (χ4v) is 1.02. The first-order valence-electron chi connectivity index (χ1n) is 3.99. The maximum absolute atomic E-state index is 5.00. The Balaban J connectivity index is 2.73. The third kappa shape index (κ3) is 1.95. The lowest BCUT2D eigenvalue weighted by Gasteiger charge is -1.89. The second-order valence-electron chi connectivity index (χ2n) is 2.70. The zero-order valence-corrected chi connectivity index (χ0v) is 7.72. The Kier molecular flexibility index (Phi) is 3.05. The number of rotatable bonds is 3. The highest BCUT2D eigenvalue weighted by molar-refractivity contribution is 5.53. The molecule has 0 unspecified atom stereocenters. The van der Waals surface area contributed by atoms with E-state index in [1.165, 1.54) is 0 Å². The molecule has 66 valence electrons. The van der Waals surface area contributed by atoms with Crippen LogP contribution < -0.4 is 5.32 Å². The summed E-state index contributed by atoms with van der Waals surface area (Å²) in [5.74, 6) is 0.875. The summed E-state index contributed by atoms with van der Waals surface area (Å²) in [5.41, 5.74) is 2.03. The molecule has 0 fully saturated rings. The predicted octanol–water partition coefficient (Wildman–Crippen LogP) is 1.52. The van der Waals surface area contributed by atoms with Crippen LogP contribution in [0, 0.1) is 13.8 Å². The zero-order chi connectivity index (χ0) is 8.97. The maximum Gasteiger partial charge on any atom is 0.141 e. The number of likely N-dealkylation sites (N-methyl/N-ethyl adjacent to an activating group) is 1. The lowest BCUT2D eigenvalue weighted by molar-refractivity contribution is 0.393. The highest BCUT2D eigenvalue weighted by Gasteiger charge is 2.03. The van der Waals surface area contributed by atoms with Crippen LogP contribution in [-0.4, -0.2) is 18.7 Å². The van der Waals surface area contributed by atoms with E-state index in [1.54, 1.807) is 0 Å². The van der Waals surface area contributed by atoms with Gasteiger partial charge in [0.1, 0.15) is 5.76 Å². The van der Waals surface area contributed by atoms with Crippen LogP contribution in [0.2, 0.25) is 0 Å². The van der Waals surface area contributed by atoms with Crippen molar-refractivity contribution in [2.45, 2.75) is 13.8 Å². The molecule has 1 aromatic rings. The number of nitrogens with one attached hydrogen (secondary N) is 1. The highest BCUT2D eigenvalue weighted by atomic mass is 16.5. The molecule has 0 bridgehead atoms. The van der Waals surface area contributed by atoms with Gasteiger partial charge in [-0.25, -0.2) is 0 Å². The van der Waals surface area contributed by atoms with Gasteiger partial charge in [-0.15, -0.1) is 0 Å². The lowest BCUT2D eigenvalue weighted by Crippen LogP contribution is -2.03. The maximum atomic E-state index is 5.00. The molecule has 0 atom stereocenters. The SMILES string of the molecule is CNCC=Cc1c(C)noc1C. The Labute approximate surface area is 72.4 Å². The summed E-state index contributed by atoms with van der Waals surface area (Å²) in [7, 11) is 1.91. The summed E-state index contributed by atoms with van der Waals surface area (Å²) in [5, 5.41) is 6.88. The van der Waals surface area contributed by atoms with E-state index in [-0.39, 0.29) is 0 Å². The van der Waals surface area contributed by atoms with E-state index in [1.807, 2.05) is 33.0 Å². The summed E-state index contributed by atoms with van der Waals surface area (Å²) < 4.78 is 5.00. The van der Waals surface area contributed by atoms with Crippen LogP contribution in [0.25, 0.3) is 6.08 Å². The van der Waals surface area contributed by atoms with Crippen molar-refractivity contribution < 1.29 is 4.52 Å². The van der Waals surface area contributed by atoms with Crippen LogP contribution in [0.3, 0.4) is 0 Å². The number of nitrogens with zero attached hydrogens (tertiary/aromatic N) is 1. The Morgan fingerprint density at radius 3 is 2.75 bits per heavy atom. The minimum Gasteiger partial charge on any atom is -0.361 e. The molecule has 0 aromatic carbocycles. The van der Waals surface area contributed by atoms with E-state index >= 15 is 0 Å². The van der Waals surface area contributed by atoms with Crippen molar-refractivity contribution in [3.05, 3.63) is 23.1 Å². The monoisotopic (exact) mass is 166 g/mol. The van der Waals surface area contributed by atoms with Crippen molar-refractivity contribution in [1.82, 2.24) is 10.5 Å². The van der Waals surface area contributed by atoms with Gasteiger partial charge >= 0.3 is 0 Å². The van der Waals surface area contributed by atoms with Gasteiger partial charge in [0, 0.05) is 12.1 Å². The van der Waals surface area contributed by atoms with E-state index in [9.17, 15) is 0 Å². The molecule has 0 amide bonds. The molecule has 0 saturated carbocycles. The zero-order valence-electron chi connectivity index (χ0n) is 7.72. The molecule has 0 aliphatic heterocycles. The quantitative estimate of drug-likeness (QED) is 0.740. The number of aromatic nitrogens is 1. The minimum atomic E-state index is 0.865. The number of hydrogen-bond acceptors (Lipinski definition) is 3. The van der Waals surface area contributed by atoms with Gasteiger partial charge in [0.05, 0.1) is 5.69 Å². The van der Waals surface area contributed by atoms with Gasteiger partial charge in [-0.2, -0.15) is 0 Å². The molecule has 0 aliphatic rings. The van der Waals surface area contributed by atoms with Crippen LogP contribution in [0.15, 0.2) is 10.6 Å². The molecule has 1 aromatic heterocycles. The summed E-state index contributed by atoms with van der Waals surface area (Å²) in [6.07, 6.45) is 4.07. The molecule has 3 heteroatoms. The van der Waals surface area contributed by atoms with Crippen LogP contribution in [-0.2, 0) is 0 Å². The second-order valence-corrected chi connectivity index (χ2v) is 2.70. The van der Waals surface area contributed by atoms with Crippen molar-refractivity contribution >= 4 is 6.08 Å².